The van der Waals surface area contributed by atoms with Crippen LogP contribution in [-0.2, 0) is 6.54 Å². The molecular weight excluding hydrogens is 346 g/mol. The number of aromatic nitrogens is 2. The van der Waals surface area contributed by atoms with Crippen molar-refractivity contribution in [3.05, 3.63) is 93.3 Å². The lowest BCUT2D eigenvalue weighted by atomic mass is 10.2. The lowest BCUT2D eigenvalue weighted by molar-refractivity contribution is -0.384. The summed E-state index contributed by atoms with van der Waals surface area (Å²) in [4.78, 5) is 22.3. The lowest BCUT2D eigenvalue weighted by Crippen LogP contribution is -2.18. The van der Waals surface area contributed by atoms with Gasteiger partial charge >= 0.3 is 0 Å². The number of hydrogen-bond donors (Lipinski definition) is 1. The van der Waals surface area contributed by atoms with Gasteiger partial charge in [-0.05, 0) is 24.1 Å². The van der Waals surface area contributed by atoms with Gasteiger partial charge in [-0.25, -0.2) is 5.43 Å². The number of rotatable bonds is 6. The van der Waals surface area contributed by atoms with Crippen LogP contribution in [0.15, 0.2) is 65.9 Å². The van der Waals surface area contributed by atoms with Crippen LogP contribution in [-0.4, -0.2) is 26.8 Å². The molecule has 0 fully saturated rings. The van der Waals surface area contributed by atoms with Crippen molar-refractivity contribution >= 4 is 17.8 Å². The summed E-state index contributed by atoms with van der Waals surface area (Å²) in [5.74, 6) is -0.416. The minimum Gasteiger partial charge on any atom is -0.268 e. The van der Waals surface area contributed by atoms with E-state index >= 15 is 0 Å². The number of aryl methyl sites for hydroxylation is 1. The standard InChI is InChI=1S/C19H17N5O3/c1-14-2-4-15(5-3-14)12-20-21-19(25)18-10-11-23(22-18)13-16-6-8-17(9-7-16)24(26)27/h2-12H,13H2,1H3,(H,21,25)/b20-12-. The van der Waals surface area contributed by atoms with E-state index in [9.17, 15) is 14.9 Å². The van der Waals surface area contributed by atoms with Crippen LogP contribution in [0.1, 0.15) is 27.2 Å². The van der Waals surface area contributed by atoms with Crippen LogP contribution < -0.4 is 5.43 Å². The Morgan fingerprint density at radius 1 is 1.19 bits per heavy atom. The van der Waals surface area contributed by atoms with Gasteiger partial charge in [0, 0.05) is 18.3 Å². The normalized spacial score (nSPS) is 10.9. The Balaban J connectivity index is 1.58. The summed E-state index contributed by atoms with van der Waals surface area (Å²) >= 11 is 0. The zero-order chi connectivity index (χ0) is 19.2. The molecular formula is C19H17N5O3. The maximum absolute atomic E-state index is 12.1. The maximum Gasteiger partial charge on any atom is 0.291 e. The summed E-state index contributed by atoms with van der Waals surface area (Å²) in [7, 11) is 0. The van der Waals surface area contributed by atoms with Crippen molar-refractivity contribution in [1.29, 1.82) is 0 Å². The van der Waals surface area contributed by atoms with Crippen LogP contribution in [0.5, 0.6) is 0 Å². The molecule has 0 unspecified atom stereocenters. The Morgan fingerprint density at radius 3 is 2.56 bits per heavy atom. The van der Waals surface area contributed by atoms with Gasteiger partial charge in [0.2, 0.25) is 0 Å². The second-order valence-corrected chi connectivity index (χ2v) is 5.93. The Bertz CT molecular complexity index is 975. The van der Waals surface area contributed by atoms with E-state index < -0.39 is 10.8 Å². The molecule has 1 heterocycles. The van der Waals surface area contributed by atoms with Crippen molar-refractivity contribution in [2.45, 2.75) is 13.5 Å². The number of benzene rings is 2. The molecule has 1 amide bonds. The number of non-ortho nitro benzene ring substituents is 1. The van der Waals surface area contributed by atoms with Gasteiger partial charge in [-0.2, -0.15) is 10.2 Å². The number of nitrogens with zero attached hydrogens (tertiary/aromatic N) is 4. The quantitative estimate of drug-likeness (QED) is 0.413. The average molecular weight is 363 g/mol. The summed E-state index contributed by atoms with van der Waals surface area (Å²) < 4.78 is 1.58. The molecule has 0 bridgehead atoms. The first kappa shape index (κ1) is 18.0. The maximum atomic E-state index is 12.1. The van der Waals surface area contributed by atoms with Crippen LogP contribution in [0.2, 0.25) is 0 Å². The zero-order valence-electron chi connectivity index (χ0n) is 14.6. The molecule has 27 heavy (non-hydrogen) atoms. The smallest absolute Gasteiger partial charge is 0.268 e. The molecule has 0 spiro atoms. The topological polar surface area (TPSA) is 102 Å². The Hall–Kier alpha value is -3.81. The second kappa shape index (κ2) is 8.05. The average Bonchev–Trinajstić information content (AvgIpc) is 3.12. The van der Waals surface area contributed by atoms with Crippen molar-refractivity contribution in [2.24, 2.45) is 5.10 Å². The third kappa shape index (κ3) is 4.85. The molecule has 3 rings (SSSR count). The summed E-state index contributed by atoms with van der Waals surface area (Å²) in [6.45, 7) is 2.40. The monoisotopic (exact) mass is 363 g/mol. The number of nitro groups is 1. The third-order valence-corrected chi connectivity index (χ3v) is 3.82. The highest BCUT2D eigenvalue weighted by Crippen LogP contribution is 2.12. The van der Waals surface area contributed by atoms with E-state index in [1.54, 1.807) is 35.3 Å². The second-order valence-electron chi connectivity index (χ2n) is 5.93. The van der Waals surface area contributed by atoms with Crippen molar-refractivity contribution in [1.82, 2.24) is 15.2 Å². The number of amides is 1. The van der Waals surface area contributed by atoms with Crippen molar-refractivity contribution in [3.63, 3.8) is 0 Å². The molecule has 136 valence electrons. The van der Waals surface area contributed by atoms with Crippen LogP contribution in [0.25, 0.3) is 0 Å². The van der Waals surface area contributed by atoms with Gasteiger partial charge in [-0.3, -0.25) is 19.6 Å². The highest BCUT2D eigenvalue weighted by Gasteiger charge is 2.09. The molecule has 2 aromatic carbocycles. The molecule has 1 N–H and O–H groups in total. The predicted octanol–water partition coefficient (Wildman–Crippen LogP) is 2.91. The van der Waals surface area contributed by atoms with Crippen molar-refractivity contribution in [2.75, 3.05) is 0 Å². The van der Waals surface area contributed by atoms with Gasteiger partial charge < -0.3 is 0 Å². The zero-order valence-corrected chi connectivity index (χ0v) is 14.6. The minimum atomic E-state index is -0.447. The molecule has 0 saturated heterocycles. The van der Waals surface area contributed by atoms with Gasteiger partial charge in [-0.15, -0.1) is 0 Å². The van der Waals surface area contributed by atoms with E-state index in [2.05, 4.69) is 15.6 Å². The largest absolute Gasteiger partial charge is 0.291 e. The van der Waals surface area contributed by atoms with E-state index in [0.29, 0.717) is 6.54 Å². The van der Waals surface area contributed by atoms with E-state index in [1.807, 2.05) is 31.2 Å². The van der Waals surface area contributed by atoms with Crippen LogP contribution in [0, 0.1) is 17.0 Å². The Labute approximate surface area is 155 Å². The van der Waals surface area contributed by atoms with Crippen LogP contribution >= 0.6 is 0 Å². The summed E-state index contributed by atoms with van der Waals surface area (Å²) in [6, 6.07) is 15.5. The SMILES string of the molecule is Cc1ccc(/C=N\NC(=O)c2ccn(Cc3ccc([N+](=O)[O-])cc3)n2)cc1. The molecule has 3 aromatic rings. The minimum absolute atomic E-state index is 0.0331. The summed E-state index contributed by atoms with van der Waals surface area (Å²) in [5.41, 5.74) is 5.57. The van der Waals surface area contributed by atoms with Gasteiger partial charge in [0.25, 0.3) is 11.6 Å². The Morgan fingerprint density at radius 2 is 1.89 bits per heavy atom. The molecule has 1 aromatic heterocycles. The van der Waals surface area contributed by atoms with Gasteiger partial charge in [0.05, 0.1) is 17.7 Å². The fourth-order valence-electron chi connectivity index (χ4n) is 2.36. The van der Waals surface area contributed by atoms with Gasteiger partial charge in [0.1, 0.15) is 0 Å². The number of hydrogen-bond acceptors (Lipinski definition) is 5. The number of carbonyl (C=O) groups is 1. The van der Waals surface area contributed by atoms with Crippen molar-refractivity contribution < 1.29 is 9.72 Å². The van der Waals surface area contributed by atoms with E-state index in [-0.39, 0.29) is 11.4 Å². The fraction of sp³-hybridized carbons (Fsp3) is 0.105. The molecule has 8 heteroatoms. The van der Waals surface area contributed by atoms with E-state index in [0.717, 1.165) is 16.7 Å². The molecule has 0 aliphatic rings. The first-order valence-corrected chi connectivity index (χ1v) is 8.18. The van der Waals surface area contributed by atoms with Crippen LogP contribution in [0.4, 0.5) is 5.69 Å². The Kier molecular flexibility index (Phi) is 5.36. The van der Waals surface area contributed by atoms with Crippen LogP contribution in [0.3, 0.4) is 0 Å². The molecule has 8 nitrogen and oxygen atoms in total. The summed E-state index contributed by atoms with van der Waals surface area (Å²) in [6.07, 6.45) is 3.23. The number of carbonyl (C=O) groups excluding carboxylic acids is 1. The molecule has 0 aliphatic carbocycles. The lowest BCUT2D eigenvalue weighted by Gasteiger charge is -2.01. The first-order valence-electron chi connectivity index (χ1n) is 8.18. The molecule has 0 atom stereocenters. The number of nitrogens with one attached hydrogen (secondary N) is 1. The first-order chi connectivity index (χ1) is 13.0. The predicted molar refractivity (Wildman–Crippen MR) is 101 cm³/mol. The molecule has 0 aliphatic heterocycles. The van der Waals surface area contributed by atoms with Crippen molar-refractivity contribution in [3.8, 4) is 0 Å². The number of hydrazone groups is 1. The van der Waals surface area contributed by atoms with Gasteiger partial charge in [-0.1, -0.05) is 42.0 Å². The molecule has 0 radical (unpaired) electrons. The third-order valence-electron chi connectivity index (χ3n) is 3.82. The molecule has 0 saturated carbocycles. The van der Waals surface area contributed by atoms with E-state index in [1.165, 1.54) is 12.1 Å². The fourth-order valence-corrected chi connectivity index (χ4v) is 2.36. The number of nitro benzene ring substituents is 1. The van der Waals surface area contributed by atoms with Gasteiger partial charge in [0.15, 0.2) is 5.69 Å². The highest BCUT2D eigenvalue weighted by atomic mass is 16.6. The van der Waals surface area contributed by atoms with E-state index in [4.69, 9.17) is 0 Å². The summed E-state index contributed by atoms with van der Waals surface area (Å²) in [5, 5.41) is 18.8. The highest BCUT2D eigenvalue weighted by molar-refractivity contribution is 5.93.